The number of benzene rings is 1. The van der Waals surface area contributed by atoms with Crippen LogP contribution in [0.4, 0.5) is 11.4 Å². The Morgan fingerprint density at radius 3 is 2.64 bits per heavy atom. The van der Waals surface area contributed by atoms with Gasteiger partial charge in [0.1, 0.15) is 0 Å². The van der Waals surface area contributed by atoms with E-state index in [4.69, 9.17) is 0 Å². The van der Waals surface area contributed by atoms with E-state index in [0.29, 0.717) is 37.9 Å². The van der Waals surface area contributed by atoms with Crippen LogP contribution in [0.25, 0.3) is 0 Å². The third kappa shape index (κ3) is 3.38. The maximum absolute atomic E-state index is 12.3. The van der Waals surface area contributed by atoms with Crippen molar-refractivity contribution in [1.82, 2.24) is 0 Å². The molecule has 1 heterocycles. The zero-order valence-electron chi connectivity index (χ0n) is 14.5. The van der Waals surface area contributed by atoms with E-state index < -0.39 is 11.4 Å². The lowest BCUT2D eigenvalue weighted by Gasteiger charge is -2.37. The Morgan fingerprint density at radius 1 is 1.28 bits per heavy atom. The molecule has 3 rings (SSSR count). The van der Waals surface area contributed by atoms with Gasteiger partial charge >= 0.3 is 5.97 Å². The van der Waals surface area contributed by atoms with Gasteiger partial charge in [0.2, 0.25) is 11.8 Å². The van der Waals surface area contributed by atoms with Crippen molar-refractivity contribution in [2.45, 2.75) is 51.9 Å². The number of carbonyl (C=O) groups excluding carboxylic acids is 2. The number of anilines is 2. The van der Waals surface area contributed by atoms with Crippen molar-refractivity contribution in [2.24, 2.45) is 5.41 Å². The number of aryl methyl sites for hydroxylation is 1. The smallest absolute Gasteiger partial charge is 0.310 e. The molecule has 25 heavy (non-hydrogen) atoms. The molecule has 0 spiro atoms. The van der Waals surface area contributed by atoms with Crippen molar-refractivity contribution in [2.75, 3.05) is 16.8 Å². The van der Waals surface area contributed by atoms with Gasteiger partial charge in [-0.1, -0.05) is 13.3 Å². The number of rotatable bonds is 6. The number of fused-ring (bicyclic) bond motifs is 1. The standard InChI is InChI=1S/C19H24N2O4/c1-2-10-21-15-6-5-14(11-13(15)4-7-17(21)23)20-16(22)12-19(18(24)25)8-3-9-19/h5-6,11H,2-4,7-10,12H2,1H3,(H,20,22)(H,24,25). The second-order valence-electron chi connectivity index (χ2n) is 7.05. The molecule has 0 saturated heterocycles. The Morgan fingerprint density at radius 2 is 2.04 bits per heavy atom. The molecular formula is C19H24N2O4. The third-order valence-electron chi connectivity index (χ3n) is 5.27. The Labute approximate surface area is 147 Å². The van der Waals surface area contributed by atoms with E-state index in [-0.39, 0.29) is 18.2 Å². The second kappa shape index (κ2) is 6.86. The lowest BCUT2D eigenvalue weighted by molar-refractivity contribution is -0.157. The summed E-state index contributed by atoms with van der Waals surface area (Å²) < 4.78 is 0. The van der Waals surface area contributed by atoms with Gasteiger partial charge < -0.3 is 15.3 Å². The monoisotopic (exact) mass is 344 g/mol. The minimum atomic E-state index is -0.886. The van der Waals surface area contributed by atoms with E-state index in [1.165, 1.54) is 0 Å². The van der Waals surface area contributed by atoms with Crippen LogP contribution in [0.15, 0.2) is 18.2 Å². The van der Waals surface area contributed by atoms with Crippen LogP contribution in [0, 0.1) is 5.41 Å². The first-order valence-corrected chi connectivity index (χ1v) is 8.92. The summed E-state index contributed by atoms with van der Waals surface area (Å²) in [7, 11) is 0. The zero-order chi connectivity index (χ0) is 18.0. The van der Waals surface area contributed by atoms with Crippen LogP contribution in [-0.4, -0.2) is 29.4 Å². The minimum Gasteiger partial charge on any atom is -0.481 e. The molecule has 2 N–H and O–H groups in total. The van der Waals surface area contributed by atoms with Gasteiger partial charge in [-0.15, -0.1) is 0 Å². The van der Waals surface area contributed by atoms with Gasteiger partial charge in [-0.25, -0.2) is 0 Å². The molecule has 0 bridgehead atoms. The number of carbonyl (C=O) groups is 3. The minimum absolute atomic E-state index is 0.0138. The van der Waals surface area contributed by atoms with Gasteiger partial charge in [0.25, 0.3) is 0 Å². The first kappa shape index (κ1) is 17.5. The summed E-state index contributed by atoms with van der Waals surface area (Å²) in [4.78, 5) is 37.5. The molecule has 0 radical (unpaired) electrons. The first-order valence-electron chi connectivity index (χ1n) is 8.92. The summed E-state index contributed by atoms with van der Waals surface area (Å²) in [6.45, 7) is 2.73. The van der Waals surface area contributed by atoms with Crippen molar-refractivity contribution in [3.8, 4) is 0 Å². The Kier molecular flexibility index (Phi) is 4.79. The van der Waals surface area contributed by atoms with Crippen LogP contribution in [0.5, 0.6) is 0 Å². The molecule has 1 aromatic carbocycles. The van der Waals surface area contributed by atoms with Gasteiger partial charge in [-0.2, -0.15) is 0 Å². The molecule has 1 aliphatic heterocycles. The van der Waals surface area contributed by atoms with Gasteiger partial charge in [-0.05, 0) is 49.4 Å². The van der Waals surface area contributed by atoms with Crippen molar-refractivity contribution in [1.29, 1.82) is 0 Å². The first-order chi connectivity index (χ1) is 11.9. The van der Waals surface area contributed by atoms with Crippen LogP contribution in [-0.2, 0) is 20.8 Å². The number of carboxylic acids is 1. The molecule has 1 fully saturated rings. The van der Waals surface area contributed by atoms with E-state index in [1.807, 2.05) is 19.1 Å². The summed E-state index contributed by atoms with van der Waals surface area (Å²) in [5.41, 5.74) is 1.73. The van der Waals surface area contributed by atoms with Gasteiger partial charge in [0.15, 0.2) is 0 Å². The van der Waals surface area contributed by atoms with Crippen molar-refractivity contribution >= 4 is 29.2 Å². The third-order valence-corrected chi connectivity index (χ3v) is 5.27. The summed E-state index contributed by atoms with van der Waals surface area (Å²) >= 11 is 0. The van der Waals surface area contributed by atoms with Crippen LogP contribution >= 0.6 is 0 Å². The van der Waals surface area contributed by atoms with Crippen molar-refractivity contribution in [3.05, 3.63) is 23.8 Å². The molecule has 2 amide bonds. The number of hydrogen-bond donors (Lipinski definition) is 2. The van der Waals surface area contributed by atoms with Gasteiger partial charge in [0.05, 0.1) is 5.41 Å². The van der Waals surface area contributed by atoms with Gasteiger partial charge in [0, 0.05) is 30.8 Å². The topological polar surface area (TPSA) is 86.7 Å². The molecule has 0 atom stereocenters. The highest BCUT2D eigenvalue weighted by Crippen LogP contribution is 2.44. The van der Waals surface area contributed by atoms with E-state index >= 15 is 0 Å². The quantitative estimate of drug-likeness (QED) is 0.830. The predicted molar refractivity (Wildman–Crippen MR) is 94.6 cm³/mol. The fourth-order valence-electron chi connectivity index (χ4n) is 3.69. The fourth-order valence-corrected chi connectivity index (χ4v) is 3.69. The van der Waals surface area contributed by atoms with E-state index in [9.17, 15) is 19.5 Å². The zero-order valence-corrected chi connectivity index (χ0v) is 14.5. The average Bonchev–Trinajstić information content (AvgIpc) is 2.53. The van der Waals surface area contributed by atoms with Crippen LogP contribution < -0.4 is 10.2 Å². The van der Waals surface area contributed by atoms with Crippen LogP contribution in [0.1, 0.15) is 51.0 Å². The molecule has 1 saturated carbocycles. The molecule has 0 unspecified atom stereocenters. The summed E-state index contributed by atoms with van der Waals surface area (Å²) in [5.74, 6) is -1.01. The number of hydrogen-bond acceptors (Lipinski definition) is 3. The highest BCUT2D eigenvalue weighted by atomic mass is 16.4. The largest absolute Gasteiger partial charge is 0.481 e. The summed E-state index contributed by atoms with van der Waals surface area (Å²) in [6, 6.07) is 5.55. The van der Waals surface area contributed by atoms with E-state index in [0.717, 1.165) is 24.1 Å². The lowest BCUT2D eigenvalue weighted by Crippen LogP contribution is -2.41. The van der Waals surface area contributed by atoms with Crippen molar-refractivity contribution in [3.63, 3.8) is 0 Å². The number of nitrogens with zero attached hydrogens (tertiary/aromatic N) is 1. The Hall–Kier alpha value is -2.37. The Balaban J connectivity index is 1.71. The maximum Gasteiger partial charge on any atom is 0.310 e. The summed E-state index contributed by atoms with van der Waals surface area (Å²) in [5, 5.41) is 12.2. The maximum atomic E-state index is 12.3. The molecule has 134 valence electrons. The van der Waals surface area contributed by atoms with E-state index in [2.05, 4.69) is 5.32 Å². The Bertz CT molecular complexity index is 709. The van der Waals surface area contributed by atoms with Crippen LogP contribution in [0.2, 0.25) is 0 Å². The fraction of sp³-hybridized carbons (Fsp3) is 0.526. The molecule has 0 aromatic heterocycles. The molecule has 6 nitrogen and oxygen atoms in total. The molecule has 6 heteroatoms. The molecule has 1 aromatic rings. The molecule has 1 aliphatic carbocycles. The van der Waals surface area contributed by atoms with Crippen LogP contribution in [0.3, 0.4) is 0 Å². The molecular weight excluding hydrogens is 320 g/mol. The number of amides is 2. The second-order valence-corrected chi connectivity index (χ2v) is 7.05. The van der Waals surface area contributed by atoms with E-state index in [1.54, 1.807) is 11.0 Å². The average molecular weight is 344 g/mol. The predicted octanol–water partition coefficient (Wildman–Crippen LogP) is 2.96. The number of nitrogens with one attached hydrogen (secondary N) is 1. The summed E-state index contributed by atoms with van der Waals surface area (Å²) in [6.07, 6.45) is 4.03. The highest BCUT2D eigenvalue weighted by molar-refractivity contribution is 5.98. The van der Waals surface area contributed by atoms with Crippen molar-refractivity contribution < 1.29 is 19.5 Å². The van der Waals surface area contributed by atoms with Gasteiger partial charge in [-0.3, -0.25) is 14.4 Å². The highest BCUT2D eigenvalue weighted by Gasteiger charge is 2.45. The number of carboxylic acid groups (broad SMARTS) is 1. The number of aliphatic carboxylic acids is 1. The lowest BCUT2D eigenvalue weighted by atomic mass is 9.66. The normalized spacial score (nSPS) is 18.3. The molecule has 2 aliphatic rings. The SMILES string of the molecule is CCCN1C(=O)CCc2cc(NC(=O)CC3(C(=O)O)CCC3)ccc21.